The third kappa shape index (κ3) is 22.6. The summed E-state index contributed by atoms with van der Waals surface area (Å²) in [4.78, 5) is 48.3. The van der Waals surface area contributed by atoms with E-state index in [4.69, 9.17) is 22.9 Å². The summed E-state index contributed by atoms with van der Waals surface area (Å²) >= 11 is 0. The highest BCUT2D eigenvalue weighted by Gasteiger charge is 2.39. The molecule has 1 heterocycles. The summed E-state index contributed by atoms with van der Waals surface area (Å²) in [5.74, 6) is 0.644. The predicted molar refractivity (Wildman–Crippen MR) is 233 cm³/mol. The van der Waals surface area contributed by atoms with Gasteiger partial charge in [0.2, 0.25) is 0 Å². The molecule has 1 aliphatic carbocycles. The van der Waals surface area contributed by atoms with E-state index in [0.717, 1.165) is 101 Å². The van der Waals surface area contributed by atoms with Gasteiger partial charge in [-0.05, 0) is 69.4 Å². The van der Waals surface area contributed by atoms with Gasteiger partial charge in [0.05, 0.1) is 40.0 Å². The third-order valence-electron chi connectivity index (χ3n) is 11.4. The number of carbonyl (C=O) groups is 3. The molecule has 1 aliphatic rings. The van der Waals surface area contributed by atoms with Crippen LogP contribution in [0.3, 0.4) is 0 Å². The van der Waals surface area contributed by atoms with Gasteiger partial charge in [-0.3, -0.25) is 23.4 Å². The normalized spacial score (nSPS) is 19.2. The fourth-order valence-corrected chi connectivity index (χ4v) is 8.24. The van der Waals surface area contributed by atoms with E-state index in [9.17, 15) is 34.1 Å². The van der Waals surface area contributed by atoms with Gasteiger partial charge in [0.1, 0.15) is 37.1 Å². The number of ether oxygens (including phenoxy) is 2. The molecule has 2 rings (SSSR count). The molecule has 60 heavy (non-hydrogen) atoms. The molecular weight excluding hydrogens is 789 g/mol. The monoisotopic (exact) mass is 871 g/mol. The highest BCUT2D eigenvalue weighted by atomic mass is 31.2. The number of furan rings is 1. The highest BCUT2D eigenvalue weighted by Crippen LogP contribution is 2.43. The van der Waals surface area contributed by atoms with Crippen LogP contribution in [0, 0.1) is 25.7 Å². The summed E-state index contributed by atoms with van der Waals surface area (Å²) in [6, 6.07) is 0. The standard InChI is InChI=1S/C46H80NO12P/c1-8-10-17-23-37(48)28-29-40-39(41(49)32-42(40)50)24-18-15-16-20-26-45(51)55-33-38(34-57-60(53,54)56-31-30-47(5,6)7)58-46(52)27-21-14-12-11-13-19-25-44-36(4)35(3)43(59-44)22-9-2/h28-29,37-41,48-49H,8-27,30-34H2,1-7H3/p+1/b29-28+/t37-,38+,39+,40+,41-/m0/s1. The van der Waals surface area contributed by atoms with Crippen molar-refractivity contribution in [2.75, 3.05) is 47.5 Å². The number of quaternary nitrogens is 1. The maximum atomic E-state index is 12.8. The number of hydrogen-bond donors (Lipinski definition) is 3. The van der Waals surface area contributed by atoms with Crippen LogP contribution in [0.1, 0.15) is 158 Å². The number of ketones is 1. The molecule has 0 aliphatic heterocycles. The number of aliphatic hydroxyl groups is 2. The zero-order chi connectivity index (χ0) is 44.6. The number of carbonyl (C=O) groups excluding carboxylic acids is 3. The molecule has 346 valence electrons. The van der Waals surface area contributed by atoms with Gasteiger partial charge in [0.25, 0.3) is 0 Å². The fraction of sp³-hybridized carbons (Fsp3) is 0.804. The number of phosphoric acid groups is 1. The van der Waals surface area contributed by atoms with Crippen molar-refractivity contribution in [3.63, 3.8) is 0 Å². The molecule has 1 aromatic rings. The number of nitrogens with zero attached hydrogens (tertiary/aromatic N) is 1. The number of aliphatic hydroxyl groups excluding tert-OH is 2. The zero-order valence-electron chi connectivity index (χ0n) is 38.1. The second kappa shape index (κ2) is 29.1. The Hall–Kier alpha value is -2.38. The minimum atomic E-state index is -4.45. The quantitative estimate of drug-likeness (QED) is 0.0197. The first-order valence-electron chi connectivity index (χ1n) is 22.9. The van der Waals surface area contributed by atoms with Gasteiger partial charge >= 0.3 is 19.8 Å². The topological polar surface area (TPSA) is 179 Å². The molecule has 0 saturated heterocycles. The lowest BCUT2D eigenvalue weighted by Crippen LogP contribution is -2.37. The number of aryl methyl sites for hydroxylation is 2. The number of phosphoric ester groups is 1. The van der Waals surface area contributed by atoms with E-state index in [1.807, 2.05) is 21.1 Å². The van der Waals surface area contributed by atoms with Gasteiger partial charge in [-0.2, -0.15) is 0 Å². The molecule has 0 aromatic carbocycles. The summed E-state index contributed by atoms with van der Waals surface area (Å²) in [7, 11) is 1.32. The van der Waals surface area contributed by atoms with E-state index in [1.54, 1.807) is 12.2 Å². The molecular formula is C46H81NO12P+. The largest absolute Gasteiger partial charge is 0.472 e. The summed E-state index contributed by atoms with van der Waals surface area (Å²) in [5, 5.41) is 20.8. The molecule has 3 N–H and O–H groups in total. The van der Waals surface area contributed by atoms with E-state index in [-0.39, 0.29) is 44.2 Å². The van der Waals surface area contributed by atoms with E-state index < -0.39 is 50.6 Å². The Morgan fingerprint density at radius 2 is 1.45 bits per heavy atom. The Kier molecular flexibility index (Phi) is 26.0. The van der Waals surface area contributed by atoms with Crippen molar-refractivity contribution in [2.45, 2.75) is 181 Å². The second-order valence-corrected chi connectivity index (χ2v) is 19.3. The van der Waals surface area contributed by atoms with Crippen LogP contribution in [0.2, 0.25) is 0 Å². The van der Waals surface area contributed by atoms with Crippen molar-refractivity contribution in [3.8, 4) is 0 Å². The molecule has 0 radical (unpaired) electrons. The number of esters is 2. The van der Waals surface area contributed by atoms with Crippen molar-refractivity contribution >= 4 is 25.5 Å². The second-order valence-electron chi connectivity index (χ2n) is 17.8. The summed E-state index contributed by atoms with van der Waals surface area (Å²) in [6.07, 6.45) is 17.4. The Morgan fingerprint density at radius 1 is 0.833 bits per heavy atom. The number of allylic oxidation sites excluding steroid dienone is 1. The van der Waals surface area contributed by atoms with Gasteiger partial charge < -0.3 is 33.5 Å². The lowest BCUT2D eigenvalue weighted by molar-refractivity contribution is -0.870. The number of likely N-dealkylation sites (N-methyl/N-ethyl adjacent to an activating group) is 1. The average Bonchev–Trinajstić information content (AvgIpc) is 3.60. The SMILES string of the molecule is CCCCC[C@H](O)/C=C/[C@H]1C(=O)C[C@H](O)[C@@H]1CCCCCCC(=O)OC[C@H](COP(=O)(O)OCC[N+](C)(C)C)OC(=O)CCCCCCCCc1oc(CCC)c(C)c1C. The first kappa shape index (κ1) is 53.8. The van der Waals surface area contributed by atoms with Crippen LogP contribution in [0.25, 0.3) is 0 Å². The molecule has 1 unspecified atom stereocenters. The number of unbranched alkanes of at least 4 members (excludes halogenated alkanes) is 10. The summed E-state index contributed by atoms with van der Waals surface area (Å²) < 4.78 is 40.5. The molecule has 0 bridgehead atoms. The van der Waals surface area contributed by atoms with Gasteiger partial charge in [-0.15, -0.1) is 0 Å². The van der Waals surface area contributed by atoms with Crippen LogP contribution in [-0.4, -0.2) is 103 Å². The molecule has 13 nitrogen and oxygen atoms in total. The van der Waals surface area contributed by atoms with Crippen LogP contribution in [0.5, 0.6) is 0 Å². The molecule has 14 heteroatoms. The molecule has 0 spiro atoms. The van der Waals surface area contributed by atoms with Crippen molar-refractivity contribution in [2.24, 2.45) is 11.8 Å². The van der Waals surface area contributed by atoms with Gasteiger partial charge in [0.15, 0.2) is 6.10 Å². The van der Waals surface area contributed by atoms with Crippen LogP contribution in [0.4, 0.5) is 0 Å². The predicted octanol–water partition coefficient (Wildman–Crippen LogP) is 8.82. The van der Waals surface area contributed by atoms with E-state index >= 15 is 0 Å². The Labute approximate surface area is 361 Å². The average molecular weight is 871 g/mol. The summed E-state index contributed by atoms with van der Waals surface area (Å²) in [5.41, 5.74) is 2.54. The Morgan fingerprint density at radius 3 is 2.10 bits per heavy atom. The lowest BCUT2D eigenvalue weighted by atomic mass is 9.88. The molecule has 1 saturated carbocycles. The van der Waals surface area contributed by atoms with E-state index in [0.29, 0.717) is 36.7 Å². The molecule has 6 atom stereocenters. The molecule has 0 amide bonds. The van der Waals surface area contributed by atoms with Gasteiger partial charge in [-0.1, -0.05) is 90.2 Å². The maximum Gasteiger partial charge on any atom is 0.472 e. The van der Waals surface area contributed by atoms with Crippen LogP contribution in [-0.2, 0) is 50.3 Å². The van der Waals surface area contributed by atoms with Crippen molar-refractivity contribution in [1.29, 1.82) is 0 Å². The van der Waals surface area contributed by atoms with Crippen LogP contribution in [0.15, 0.2) is 16.6 Å². The number of Topliss-reactive ketones (excluding diaryl/α,β-unsaturated/α-hetero) is 1. The van der Waals surface area contributed by atoms with E-state index in [1.165, 1.54) is 11.1 Å². The number of rotatable bonds is 34. The lowest BCUT2D eigenvalue weighted by Gasteiger charge is -2.24. The van der Waals surface area contributed by atoms with Crippen molar-refractivity contribution in [1.82, 2.24) is 0 Å². The molecule has 1 fully saturated rings. The van der Waals surface area contributed by atoms with Gasteiger partial charge in [0, 0.05) is 38.0 Å². The minimum absolute atomic E-state index is 0.00473. The smallest absolute Gasteiger partial charge is 0.466 e. The third-order valence-corrected chi connectivity index (χ3v) is 12.4. The maximum absolute atomic E-state index is 12.8. The fourth-order valence-electron chi connectivity index (χ4n) is 7.49. The Balaban J connectivity index is 1.75. The van der Waals surface area contributed by atoms with Crippen LogP contribution < -0.4 is 0 Å². The van der Waals surface area contributed by atoms with Crippen LogP contribution >= 0.6 is 7.82 Å². The number of hydrogen-bond acceptors (Lipinski definition) is 11. The first-order valence-corrected chi connectivity index (χ1v) is 24.4. The van der Waals surface area contributed by atoms with E-state index in [2.05, 4.69) is 27.7 Å². The van der Waals surface area contributed by atoms with Gasteiger partial charge in [-0.25, -0.2) is 4.57 Å². The summed E-state index contributed by atoms with van der Waals surface area (Å²) in [6.45, 7) is 8.19. The van der Waals surface area contributed by atoms with Crippen molar-refractivity contribution < 1.29 is 61.5 Å². The first-order chi connectivity index (χ1) is 28.5. The van der Waals surface area contributed by atoms with Crippen molar-refractivity contribution in [3.05, 3.63) is 34.8 Å². The zero-order valence-corrected chi connectivity index (χ0v) is 39.0. The molecule has 1 aromatic heterocycles. The Bertz CT molecular complexity index is 1470. The minimum Gasteiger partial charge on any atom is -0.466 e. The highest BCUT2D eigenvalue weighted by molar-refractivity contribution is 7.47.